The zero-order valence-electron chi connectivity index (χ0n) is 15.8. The van der Waals surface area contributed by atoms with Crippen LogP contribution in [0.5, 0.6) is 5.75 Å². The average molecular weight is 384 g/mol. The molecule has 148 valence electrons. The molecule has 0 spiro atoms. The van der Waals surface area contributed by atoms with Gasteiger partial charge < -0.3 is 19.9 Å². The van der Waals surface area contributed by atoms with Crippen LogP contribution in [-0.2, 0) is 6.54 Å². The number of rotatable bonds is 7. The molecule has 1 aliphatic heterocycles. The summed E-state index contributed by atoms with van der Waals surface area (Å²) in [5.41, 5.74) is 7.30. The van der Waals surface area contributed by atoms with Gasteiger partial charge in [-0.3, -0.25) is 0 Å². The van der Waals surface area contributed by atoms with Gasteiger partial charge >= 0.3 is 0 Å². The van der Waals surface area contributed by atoms with Crippen molar-refractivity contribution in [2.75, 3.05) is 32.0 Å². The number of benzene rings is 1. The van der Waals surface area contributed by atoms with E-state index in [-0.39, 0.29) is 5.82 Å². The molecular weight excluding hydrogens is 359 g/mol. The second kappa shape index (κ2) is 8.52. The van der Waals surface area contributed by atoms with Gasteiger partial charge in [0.05, 0.1) is 12.9 Å². The molecule has 2 aromatic heterocycles. The van der Waals surface area contributed by atoms with Gasteiger partial charge in [0, 0.05) is 6.54 Å². The molecule has 1 fully saturated rings. The van der Waals surface area contributed by atoms with Gasteiger partial charge in [-0.1, -0.05) is 0 Å². The van der Waals surface area contributed by atoms with Gasteiger partial charge in [-0.05, 0) is 69.1 Å². The van der Waals surface area contributed by atoms with Gasteiger partial charge in [-0.2, -0.15) is 0 Å². The maximum atomic E-state index is 12.9. The monoisotopic (exact) mass is 384 g/mol. The fourth-order valence-corrected chi connectivity index (χ4v) is 3.65. The van der Waals surface area contributed by atoms with E-state index in [1.165, 1.54) is 18.5 Å². The van der Waals surface area contributed by atoms with Crippen molar-refractivity contribution in [2.45, 2.75) is 25.8 Å². The van der Waals surface area contributed by atoms with Crippen LogP contribution >= 0.6 is 0 Å². The van der Waals surface area contributed by atoms with Crippen molar-refractivity contribution >= 4 is 17.0 Å². The summed E-state index contributed by atoms with van der Waals surface area (Å²) < 4.78 is 20.8. The first-order valence-corrected chi connectivity index (χ1v) is 9.71. The minimum absolute atomic E-state index is 0.236. The maximum absolute atomic E-state index is 12.9. The minimum atomic E-state index is -0.236. The number of hydrogen-bond donors (Lipinski definition) is 1. The number of nitrogens with two attached hydrogens (primary N) is 1. The van der Waals surface area contributed by atoms with Crippen molar-refractivity contribution in [3.8, 4) is 5.75 Å². The molecule has 0 aliphatic carbocycles. The molecule has 4 rings (SSSR count). The number of aromatic nitrogens is 4. The summed E-state index contributed by atoms with van der Waals surface area (Å²) in [4.78, 5) is 15.1. The smallest absolute Gasteiger partial charge is 0.165 e. The van der Waals surface area contributed by atoms with Gasteiger partial charge in [0.25, 0.3) is 0 Å². The highest BCUT2D eigenvalue weighted by molar-refractivity contribution is 5.80. The Morgan fingerprint density at radius 3 is 2.64 bits per heavy atom. The van der Waals surface area contributed by atoms with E-state index in [0.717, 1.165) is 56.8 Å². The largest absolute Gasteiger partial charge is 0.493 e. The molecule has 28 heavy (non-hydrogen) atoms. The summed E-state index contributed by atoms with van der Waals surface area (Å²) in [7, 11) is 0. The third kappa shape index (κ3) is 4.39. The predicted molar refractivity (Wildman–Crippen MR) is 105 cm³/mol. The number of halogens is 1. The summed E-state index contributed by atoms with van der Waals surface area (Å²) in [5.74, 6) is 1.48. The summed E-state index contributed by atoms with van der Waals surface area (Å²) in [6, 6.07) is 6.23. The van der Waals surface area contributed by atoms with E-state index in [9.17, 15) is 4.39 Å². The normalized spacial score (nSPS) is 15.9. The Kier molecular flexibility index (Phi) is 5.66. The molecule has 1 aromatic carbocycles. The number of anilines is 1. The van der Waals surface area contributed by atoms with E-state index in [2.05, 4.69) is 19.9 Å². The summed E-state index contributed by atoms with van der Waals surface area (Å²) >= 11 is 0. The molecule has 0 bridgehead atoms. The zero-order valence-corrected chi connectivity index (χ0v) is 15.8. The maximum Gasteiger partial charge on any atom is 0.165 e. The lowest BCUT2D eigenvalue weighted by molar-refractivity contribution is 0.139. The van der Waals surface area contributed by atoms with Crippen LogP contribution < -0.4 is 10.5 Å². The van der Waals surface area contributed by atoms with E-state index in [1.54, 1.807) is 18.5 Å². The Balaban J connectivity index is 1.18. The number of likely N-dealkylation sites (tertiary alicyclic amines) is 1. The second-order valence-electron chi connectivity index (χ2n) is 7.27. The lowest BCUT2D eigenvalue weighted by Crippen LogP contribution is -2.36. The Bertz CT molecular complexity index is 905. The lowest BCUT2D eigenvalue weighted by atomic mass is 9.97. The molecule has 2 N–H and O–H groups in total. The van der Waals surface area contributed by atoms with E-state index >= 15 is 0 Å². The number of imidazole rings is 1. The SMILES string of the molecule is Nc1ncnc2c1ncn2CCCN1CCC(COc2ccc(F)cc2)CC1. The molecular formula is C20H25FN6O. The van der Waals surface area contributed by atoms with Crippen molar-refractivity contribution in [3.63, 3.8) is 0 Å². The van der Waals surface area contributed by atoms with Crippen LogP contribution in [0.3, 0.4) is 0 Å². The van der Waals surface area contributed by atoms with Gasteiger partial charge in [-0.25, -0.2) is 19.3 Å². The van der Waals surface area contributed by atoms with Gasteiger partial charge in [-0.15, -0.1) is 0 Å². The highest BCUT2D eigenvalue weighted by Gasteiger charge is 2.19. The van der Waals surface area contributed by atoms with Crippen LogP contribution in [0.25, 0.3) is 11.2 Å². The number of fused-ring (bicyclic) bond motifs is 1. The van der Waals surface area contributed by atoms with Crippen LogP contribution in [0, 0.1) is 11.7 Å². The number of aryl methyl sites for hydroxylation is 1. The number of piperidine rings is 1. The van der Waals surface area contributed by atoms with E-state index < -0.39 is 0 Å². The quantitative estimate of drug-likeness (QED) is 0.674. The Hall–Kier alpha value is -2.74. The van der Waals surface area contributed by atoms with Gasteiger partial charge in [0.2, 0.25) is 0 Å². The molecule has 7 nitrogen and oxygen atoms in total. The average Bonchev–Trinajstić information content (AvgIpc) is 3.13. The van der Waals surface area contributed by atoms with Crippen LogP contribution in [0.15, 0.2) is 36.9 Å². The zero-order chi connectivity index (χ0) is 19.3. The second-order valence-corrected chi connectivity index (χ2v) is 7.27. The lowest BCUT2D eigenvalue weighted by Gasteiger charge is -2.31. The fourth-order valence-electron chi connectivity index (χ4n) is 3.65. The van der Waals surface area contributed by atoms with Gasteiger partial charge in [0.15, 0.2) is 11.5 Å². The Labute approximate surface area is 163 Å². The van der Waals surface area contributed by atoms with E-state index in [0.29, 0.717) is 23.9 Å². The first-order chi connectivity index (χ1) is 13.7. The van der Waals surface area contributed by atoms with Crippen LogP contribution in [-0.4, -0.2) is 50.7 Å². The predicted octanol–water partition coefficient (Wildman–Crippen LogP) is 2.73. The van der Waals surface area contributed by atoms with Crippen LogP contribution in [0.1, 0.15) is 19.3 Å². The number of hydrogen-bond acceptors (Lipinski definition) is 6. The van der Waals surface area contributed by atoms with Crippen LogP contribution in [0.4, 0.5) is 10.2 Å². The number of ether oxygens (including phenoxy) is 1. The minimum Gasteiger partial charge on any atom is -0.493 e. The molecule has 8 heteroatoms. The molecule has 0 atom stereocenters. The topological polar surface area (TPSA) is 82.1 Å². The van der Waals surface area contributed by atoms with Crippen molar-refractivity contribution < 1.29 is 9.13 Å². The molecule has 0 saturated carbocycles. The molecule has 0 radical (unpaired) electrons. The molecule has 1 aliphatic rings. The highest BCUT2D eigenvalue weighted by atomic mass is 19.1. The fraction of sp³-hybridized carbons (Fsp3) is 0.450. The van der Waals surface area contributed by atoms with Crippen molar-refractivity contribution in [3.05, 3.63) is 42.7 Å². The molecule has 1 saturated heterocycles. The molecule has 3 aromatic rings. The first-order valence-electron chi connectivity index (χ1n) is 9.71. The summed E-state index contributed by atoms with van der Waals surface area (Å²) in [6.45, 7) is 4.77. The molecule has 0 unspecified atom stereocenters. The standard InChI is InChI=1S/C20H25FN6O/c21-16-2-4-17(5-3-16)28-12-15-6-10-26(11-7-15)8-1-9-27-14-25-18-19(22)23-13-24-20(18)27/h2-5,13-15H,1,6-12H2,(H2,22,23,24). The van der Waals surface area contributed by atoms with Crippen LogP contribution in [0.2, 0.25) is 0 Å². The van der Waals surface area contributed by atoms with Gasteiger partial charge in [0.1, 0.15) is 23.4 Å². The summed E-state index contributed by atoms with van der Waals surface area (Å²) in [5, 5.41) is 0. The third-order valence-electron chi connectivity index (χ3n) is 5.31. The van der Waals surface area contributed by atoms with Crippen molar-refractivity contribution in [1.29, 1.82) is 0 Å². The highest BCUT2D eigenvalue weighted by Crippen LogP contribution is 2.20. The van der Waals surface area contributed by atoms with Crippen molar-refractivity contribution in [1.82, 2.24) is 24.4 Å². The Morgan fingerprint density at radius 2 is 1.86 bits per heavy atom. The third-order valence-corrected chi connectivity index (χ3v) is 5.31. The number of nitrogens with zero attached hydrogens (tertiary/aromatic N) is 5. The number of nitrogen functional groups attached to an aromatic ring is 1. The summed E-state index contributed by atoms with van der Waals surface area (Å²) in [6.07, 6.45) is 6.55. The molecule has 0 amide bonds. The molecule has 3 heterocycles. The first kappa shape index (κ1) is 18.6. The Morgan fingerprint density at radius 1 is 1.07 bits per heavy atom. The van der Waals surface area contributed by atoms with E-state index in [4.69, 9.17) is 10.5 Å². The van der Waals surface area contributed by atoms with E-state index in [1.807, 2.05) is 4.57 Å². The van der Waals surface area contributed by atoms with Crippen molar-refractivity contribution in [2.24, 2.45) is 5.92 Å².